The Hall–Kier alpha value is -2.44. The van der Waals surface area contributed by atoms with Gasteiger partial charge in [-0.25, -0.2) is 22.7 Å². The van der Waals surface area contributed by atoms with Crippen LogP contribution >= 0.6 is 11.6 Å². The highest BCUT2D eigenvalue weighted by Crippen LogP contribution is 2.21. The maximum atomic E-state index is 13.2. The smallest absolute Gasteiger partial charge is 0.203 e. The fraction of sp³-hybridized carbons (Fsp3) is 0.357. The minimum atomic E-state index is -2.74. The minimum Gasteiger partial charge on any atom is -0.409 e. The van der Waals surface area contributed by atoms with Crippen LogP contribution in [0.2, 0.25) is 5.02 Å². The number of hydrogen-bond acceptors (Lipinski definition) is 8. The lowest BCUT2D eigenvalue weighted by atomic mass is 10.3. The second-order valence-corrected chi connectivity index (χ2v) is 7.93. The first-order valence-corrected chi connectivity index (χ1v) is 9.98. The molecular formula is C14H19ClFN7O3S. The van der Waals surface area contributed by atoms with E-state index >= 15 is 0 Å². The Bertz CT molecular complexity index is 904. The molecule has 0 radical (unpaired) electrons. The predicted molar refractivity (Wildman–Crippen MR) is 100 cm³/mol. The number of halogens is 2. The molecule has 0 aliphatic carbocycles. The molecule has 27 heavy (non-hydrogen) atoms. The molecule has 0 saturated heterocycles. The summed E-state index contributed by atoms with van der Waals surface area (Å²) in [7, 11) is -2.74. The van der Waals surface area contributed by atoms with E-state index in [-0.39, 0.29) is 28.1 Å². The van der Waals surface area contributed by atoms with E-state index in [4.69, 9.17) is 16.4 Å². The summed E-state index contributed by atoms with van der Waals surface area (Å²) < 4.78 is 39.6. The van der Waals surface area contributed by atoms with Gasteiger partial charge in [-0.15, -0.1) is 0 Å². The van der Waals surface area contributed by atoms with E-state index in [2.05, 4.69) is 35.5 Å². The van der Waals surface area contributed by atoms with Crippen molar-refractivity contribution in [2.75, 3.05) is 29.5 Å². The average molecular weight is 420 g/mol. The fourth-order valence-corrected chi connectivity index (χ4v) is 2.80. The van der Waals surface area contributed by atoms with Gasteiger partial charge in [-0.1, -0.05) is 23.7 Å². The lowest BCUT2D eigenvalue weighted by molar-refractivity contribution is 0.305. The van der Waals surface area contributed by atoms with Crippen molar-refractivity contribution in [3.8, 4) is 0 Å². The van der Waals surface area contributed by atoms with Crippen molar-refractivity contribution in [2.45, 2.75) is 13.3 Å². The molecule has 0 spiro atoms. The second-order valence-electron chi connectivity index (χ2n) is 5.30. The molecule has 0 aliphatic rings. The average Bonchev–Trinajstić information content (AvgIpc) is 3.10. The molecule has 0 aliphatic heterocycles. The van der Waals surface area contributed by atoms with Crippen LogP contribution in [0.4, 0.5) is 15.9 Å². The molecule has 1 aromatic heterocycles. The SMILES string of the molecule is CCS(=N)(=O)NCCCNc1nonc1/C(=N/O)Nc1ccc(F)c(Cl)c1. The predicted octanol–water partition coefficient (Wildman–Crippen LogP) is 2.48. The first-order valence-electron chi connectivity index (χ1n) is 7.88. The summed E-state index contributed by atoms with van der Waals surface area (Å²) in [5.41, 5.74) is 0.473. The van der Waals surface area contributed by atoms with Gasteiger partial charge < -0.3 is 15.8 Å². The van der Waals surface area contributed by atoms with Crippen LogP contribution in [0.15, 0.2) is 28.0 Å². The summed E-state index contributed by atoms with van der Waals surface area (Å²) in [4.78, 5) is 0. The monoisotopic (exact) mass is 419 g/mol. The van der Waals surface area contributed by atoms with Crippen LogP contribution in [-0.2, 0) is 9.92 Å². The van der Waals surface area contributed by atoms with Crippen LogP contribution in [0, 0.1) is 10.6 Å². The highest BCUT2D eigenvalue weighted by atomic mass is 35.5. The molecule has 10 nitrogen and oxygen atoms in total. The molecule has 1 aromatic carbocycles. The summed E-state index contributed by atoms with van der Waals surface area (Å²) >= 11 is 5.72. The first kappa shape index (κ1) is 20.9. The van der Waals surface area contributed by atoms with Crippen molar-refractivity contribution in [2.24, 2.45) is 5.16 Å². The van der Waals surface area contributed by atoms with E-state index in [0.717, 1.165) is 6.07 Å². The minimum absolute atomic E-state index is 0.0836. The quantitative estimate of drug-likeness (QED) is 0.138. The molecule has 1 unspecified atom stereocenters. The number of aromatic nitrogens is 2. The third-order valence-electron chi connectivity index (χ3n) is 3.38. The Morgan fingerprint density at radius 3 is 2.89 bits per heavy atom. The molecule has 2 rings (SSSR count). The fourth-order valence-electron chi connectivity index (χ4n) is 1.94. The van der Waals surface area contributed by atoms with Crippen LogP contribution in [-0.4, -0.2) is 44.4 Å². The zero-order chi connectivity index (χ0) is 19.9. The van der Waals surface area contributed by atoms with Crippen molar-refractivity contribution >= 4 is 38.9 Å². The lowest BCUT2D eigenvalue weighted by Crippen LogP contribution is -2.26. The molecule has 13 heteroatoms. The summed E-state index contributed by atoms with van der Waals surface area (Å²) in [5, 5.41) is 25.3. The highest BCUT2D eigenvalue weighted by Gasteiger charge is 2.18. The highest BCUT2D eigenvalue weighted by molar-refractivity contribution is 7.90. The number of nitrogens with zero attached hydrogens (tertiary/aromatic N) is 3. The zero-order valence-corrected chi connectivity index (χ0v) is 15.9. The number of hydrogen-bond donors (Lipinski definition) is 5. The van der Waals surface area contributed by atoms with Gasteiger partial charge in [-0.2, -0.15) is 0 Å². The molecule has 1 atom stereocenters. The first-order chi connectivity index (χ1) is 12.9. The topological polar surface area (TPSA) is 149 Å². The van der Waals surface area contributed by atoms with Crippen LogP contribution in [0.5, 0.6) is 0 Å². The Kier molecular flexibility index (Phi) is 7.33. The third kappa shape index (κ3) is 6.05. The number of rotatable bonds is 9. The van der Waals surface area contributed by atoms with Gasteiger partial charge in [0, 0.05) is 24.5 Å². The Labute approximate surface area is 160 Å². The number of anilines is 2. The van der Waals surface area contributed by atoms with E-state index < -0.39 is 15.7 Å². The van der Waals surface area contributed by atoms with Crippen molar-refractivity contribution in [1.82, 2.24) is 15.0 Å². The second kappa shape index (κ2) is 9.48. The van der Waals surface area contributed by atoms with E-state index in [1.165, 1.54) is 12.1 Å². The summed E-state index contributed by atoms with van der Waals surface area (Å²) in [6.45, 7) is 2.45. The van der Waals surface area contributed by atoms with Crippen molar-refractivity contribution in [1.29, 1.82) is 4.78 Å². The third-order valence-corrected chi connectivity index (χ3v) is 5.16. The van der Waals surface area contributed by atoms with Gasteiger partial charge in [0.25, 0.3) is 0 Å². The van der Waals surface area contributed by atoms with Crippen LogP contribution in [0.3, 0.4) is 0 Å². The molecule has 5 N–H and O–H groups in total. The Morgan fingerprint density at radius 2 is 2.22 bits per heavy atom. The van der Waals surface area contributed by atoms with Gasteiger partial charge in [0.2, 0.25) is 11.7 Å². The van der Waals surface area contributed by atoms with Crippen molar-refractivity contribution in [3.05, 3.63) is 34.7 Å². The van der Waals surface area contributed by atoms with Gasteiger partial charge >= 0.3 is 0 Å². The van der Waals surface area contributed by atoms with E-state index in [9.17, 15) is 13.8 Å². The van der Waals surface area contributed by atoms with Gasteiger partial charge in [-0.05, 0) is 34.9 Å². The van der Waals surface area contributed by atoms with Crippen LogP contribution in [0.25, 0.3) is 0 Å². The Balaban J connectivity index is 1.96. The van der Waals surface area contributed by atoms with Gasteiger partial charge in [-0.3, -0.25) is 0 Å². The van der Waals surface area contributed by atoms with E-state index in [0.29, 0.717) is 25.2 Å². The largest absolute Gasteiger partial charge is 0.409 e. The van der Waals surface area contributed by atoms with Gasteiger partial charge in [0.1, 0.15) is 15.7 Å². The molecule has 0 bridgehead atoms. The maximum Gasteiger partial charge on any atom is 0.203 e. The molecular weight excluding hydrogens is 401 g/mol. The zero-order valence-electron chi connectivity index (χ0n) is 14.3. The number of benzene rings is 1. The normalized spacial score (nSPS) is 14.0. The van der Waals surface area contributed by atoms with Crippen molar-refractivity contribution in [3.63, 3.8) is 0 Å². The van der Waals surface area contributed by atoms with Crippen molar-refractivity contribution < 1.29 is 18.4 Å². The molecule has 0 amide bonds. The summed E-state index contributed by atoms with van der Waals surface area (Å²) in [6, 6.07) is 3.89. The van der Waals surface area contributed by atoms with Crippen LogP contribution < -0.4 is 15.4 Å². The number of oxime groups is 1. The number of amidine groups is 1. The molecule has 2 aromatic rings. The maximum absolute atomic E-state index is 13.2. The standard InChI is InChI=1S/C14H19ClFN7O3S/c1-2-27(17,25)19-7-3-6-18-13-12(22-26-23-13)14(21-24)20-9-4-5-11(16)10(15)8-9/h4-5,8,24H,2-3,6-7H2,1H3,(H,18,23)(H,20,21)(H2,17,19,25). The molecule has 0 saturated carbocycles. The molecule has 148 valence electrons. The number of nitrogens with one attached hydrogen (secondary N) is 4. The Morgan fingerprint density at radius 1 is 1.44 bits per heavy atom. The molecule has 0 fully saturated rings. The lowest BCUT2D eigenvalue weighted by Gasteiger charge is -2.09. The van der Waals surface area contributed by atoms with E-state index in [1.54, 1.807) is 6.92 Å². The molecule has 1 heterocycles. The van der Waals surface area contributed by atoms with Crippen LogP contribution in [0.1, 0.15) is 19.0 Å². The summed E-state index contributed by atoms with van der Waals surface area (Å²) in [6.07, 6.45) is 0.550. The van der Waals surface area contributed by atoms with Gasteiger partial charge in [0.05, 0.1) is 5.02 Å². The summed E-state index contributed by atoms with van der Waals surface area (Å²) in [5.74, 6) is -0.221. The van der Waals surface area contributed by atoms with Gasteiger partial charge in [0.15, 0.2) is 5.69 Å². The van der Waals surface area contributed by atoms with E-state index in [1.807, 2.05) is 0 Å².